The fraction of sp³-hybridized carbons (Fsp3) is 0.0606. The number of anilines is 1. The maximum Gasteiger partial charge on any atom is 0.409 e. The number of rotatable bonds is 8. The Labute approximate surface area is 247 Å². The van der Waals surface area contributed by atoms with Crippen LogP contribution >= 0.6 is 11.6 Å². The number of aromatic nitrogens is 5. The molecule has 6 rings (SSSR count). The lowest BCUT2D eigenvalue weighted by molar-refractivity contribution is 0.209. The summed E-state index contributed by atoms with van der Waals surface area (Å²) < 4.78 is 1.60. The molecule has 0 aliphatic rings. The van der Waals surface area contributed by atoms with Crippen molar-refractivity contribution in [3.8, 4) is 27.9 Å². The summed E-state index contributed by atoms with van der Waals surface area (Å²) in [5, 5.41) is 23.6. The number of benzene rings is 4. The zero-order chi connectivity index (χ0) is 28.9. The van der Waals surface area contributed by atoms with Crippen LogP contribution in [0.25, 0.3) is 27.9 Å². The Kier molecular flexibility index (Phi) is 7.70. The van der Waals surface area contributed by atoms with E-state index in [0.717, 1.165) is 45.6 Å². The zero-order valence-corrected chi connectivity index (χ0v) is 23.1. The van der Waals surface area contributed by atoms with Crippen molar-refractivity contribution in [2.75, 3.05) is 5.32 Å². The number of carboxylic acid groups (broad SMARTS) is 1. The smallest absolute Gasteiger partial charge is 0.409 e. The molecule has 0 aliphatic carbocycles. The van der Waals surface area contributed by atoms with Crippen LogP contribution in [0.2, 0.25) is 5.02 Å². The first-order valence-corrected chi connectivity index (χ1v) is 13.6. The van der Waals surface area contributed by atoms with E-state index in [4.69, 9.17) is 21.7 Å². The largest absolute Gasteiger partial charge is 0.465 e. The molecule has 0 saturated heterocycles. The average Bonchev–Trinajstić information content (AvgIpc) is 3.56. The molecule has 0 saturated carbocycles. The van der Waals surface area contributed by atoms with E-state index in [1.807, 2.05) is 60.8 Å². The molecule has 42 heavy (non-hydrogen) atoms. The van der Waals surface area contributed by atoms with Crippen molar-refractivity contribution in [3.05, 3.63) is 144 Å². The van der Waals surface area contributed by atoms with Crippen LogP contribution < -0.4 is 5.32 Å². The summed E-state index contributed by atoms with van der Waals surface area (Å²) in [7, 11) is 0. The summed E-state index contributed by atoms with van der Waals surface area (Å²) in [6, 6.07) is 35.8. The zero-order valence-electron chi connectivity index (χ0n) is 22.3. The van der Waals surface area contributed by atoms with E-state index >= 15 is 0 Å². The number of hydrogen-bond donors (Lipinski definition) is 2. The highest BCUT2D eigenvalue weighted by molar-refractivity contribution is 6.31. The molecule has 2 aromatic heterocycles. The molecule has 0 spiro atoms. The van der Waals surface area contributed by atoms with Gasteiger partial charge >= 0.3 is 6.09 Å². The summed E-state index contributed by atoms with van der Waals surface area (Å²) >= 11 is 6.37. The van der Waals surface area contributed by atoms with Crippen molar-refractivity contribution in [3.63, 3.8) is 0 Å². The van der Waals surface area contributed by atoms with Gasteiger partial charge in [0.1, 0.15) is 6.33 Å². The lowest BCUT2D eigenvalue weighted by atomic mass is 9.87. The SMILES string of the molecule is O=C(O)Nc1ccc(-c2cccc(C(Cc3ccccc3)c3ccc(-c4cc(Cl)ccc4-n4cnnn4)cn3)c2)cc1. The van der Waals surface area contributed by atoms with Gasteiger partial charge in [0.15, 0.2) is 0 Å². The molecule has 0 aliphatic heterocycles. The number of hydrogen-bond acceptors (Lipinski definition) is 5. The van der Waals surface area contributed by atoms with Crippen LogP contribution in [0, 0.1) is 0 Å². The lowest BCUT2D eigenvalue weighted by Crippen LogP contribution is -2.08. The maximum atomic E-state index is 11.0. The van der Waals surface area contributed by atoms with Crippen LogP contribution in [0.5, 0.6) is 0 Å². The van der Waals surface area contributed by atoms with Crippen LogP contribution in [0.3, 0.4) is 0 Å². The molecule has 0 bridgehead atoms. The molecule has 1 atom stereocenters. The summed E-state index contributed by atoms with van der Waals surface area (Å²) in [5.41, 5.74) is 8.39. The average molecular weight is 573 g/mol. The van der Waals surface area contributed by atoms with Crippen molar-refractivity contribution in [1.29, 1.82) is 0 Å². The van der Waals surface area contributed by atoms with Gasteiger partial charge in [0.25, 0.3) is 0 Å². The van der Waals surface area contributed by atoms with Crippen molar-refractivity contribution in [2.24, 2.45) is 0 Å². The molecule has 6 aromatic rings. The highest BCUT2D eigenvalue weighted by Crippen LogP contribution is 2.34. The van der Waals surface area contributed by atoms with Gasteiger partial charge in [-0.25, -0.2) is 4.79 Å². The van der Waals surface area contributed by atoms with Gasteiger partial charge in [0.2, 0.25) is 0 Å². The van der Waals surface area contributed by atoms with Gasteiger partial charge < -0.3 is 5.11 Å². The molecule has 1 unspecified atom stereocenters. The first-order valence-electron chi connectivity index (χ1n) is 13.3. The molecule has 9 heteroatoms. The standard InChI is InChI=1S/C33H25ClN6O2/c34-27-12-16-32(40-21-36-38-39-40)30(19-27)26-11-15-31(35-20-26)29(17-22-5-2-1-3-6-22)25-8-4-7-24(18-25)23-9-13-28(14-10-23)37-33(41)42/h1-16,18-21,29,37H,17H2,(H,41,42). The quantitative estimate of drug-likeness (QED) is 0.195. The van der Waals surface area contributed by atoms with E-state index in [9.17, 15) is 4.79 Å². The first kappa shape index (κ1) is 26.9. The third-order valence-electron chi connectivity index (χ3n) is 7.05. The predicted octanol–water partition coefficient (Wildman–Crippen LogP) is 7.51. The number of tetrazole rings is 1. The van der Waals surface area contributed by atoms with Crippen molar-refractivity contribution >= 4 is 23.4 Å². The molecule has 1 amide bonds. The number of halogens is 1. The normalized spacial score (nSPS) is 11.6. The second-order valence-electron chi connectivity index (χ2n) is 9.76. The molecule has 8 nitrogen and oxygen atoms in total. The van der Waals surface area contributed by atoms with Crippen molar-refractivity contribution in [1.82, 2.24) is 25.2 Å². The Morgan fingerprint density at radius 3 is 2.38 bits per heavy atom. The van der Waals surface area contributed by atoms with Gasteiger partial charge in [0.05, 0.1) is 5.69 Å². The van der Waals surface area contributed by atoms with Crippen LogP contribution in [-0.4, -0.2) is 36.4 Å². The van der Waals surface area contributed by atoms with E-state index < -0.39 is 6.09 Å². The molecular weight excluding hydrogens is 548 g/mol. The molecule has 0 radical (unpaired) electrons. The van der Waals surface area contributed by atoms with Gasteiger partial charge in [-0.3, -0.25) is 10.3 Å². The Morgan fingerprint density at radius 1 is 0.857 bits per heavy atom. The third-order valence-corrected chi connectivity index (χ3v) is 7.29. The fourth-order valence-corrected chi connectivity index (χ4v) is 5.20. The van der Waals surface area contributed by atoms with Crippen LogP contribution in [0.1, 0.15) is 22.7 Å². The molecule has 2 N–H and O–H groups in total. The number of amides is 1. The van der Waals surface area contributed by atoms with Crippen molar-refractivity contribution < 1.29 is 9.90 Å². The number of carbonyl (C=O) groups is 1. The van der Waals surface area contributed by atoms with E-state index in [1.165, 1.54) is 5.56 Å². The van der Waals surface area contributed by atoms with E-state index in [1.54, 1.807) is 23.1 Å². The van der Waals surface area contributed by atoms with Gasteiger partial charge in [-0.2, -0.15) is 4.68 Å². The maximum absolute atomic E-state index is 11.0. The van der Waals surface area contributed by atoms with Crippen LogP contribution in [0.4, 0.5) is 10.5 Å². The minimum Gasteiger partial charge on any atom is -0.465 e. The van der Waals surface area contributed by atoms with E-state index in [-0.39, 0.29) is 5.92 Å². The Morgan fingerprint density at radius 2 is 1.67 bits per heavy atom. The molecule has 4 aromatic carbocycles. The Bertz CT molecular complexity index is 1810. The van der Waals surface area contributed by atoms with Gasteiger partial charge in [0, 0.05) is 39.6 Å². The summed E-state index contributed by atoms with van der Waals surface area (Å²) in [5.74, 6) is -0.00676. The molecule has 0 fully saturated rings. The summed E-state index contributed by atoms with van der Waals surface area (Å²) in [6.45, 7) is 0. The highest BCUT2D eigenvalue weighted by Gasteiger charge is 2.19. The second kappa shape index (κ2) is 12.0. The van der Waals surface area contributed by atoms with Crippen molar-refractivity contribution in [2.45, 2.75) is 12.3 Å². The van der Waals surface area contributed by atoms with Crippen LogP contribution in [0.15, 0.2) is 122 Å². The molecule has 2 heterocycles. The predicted molar refractivity (Wildman–Crippen MR) is 163 cm³/mol. The summed E-state index contributed by atoms with van der Waals surface area (Å²) in [6.07, 6.45) is 3.10. The number of nitrogens with zero attached hydrogens (tertiary/aromatic N) is 5. The van der Waals surface area contributed by atoms with E-state index in [0.29, 0.717) is 10.7 Å². The van der Waals surface area contributed by atoms with Gasteiger partial charge in [-0.15, -0.1) is 5.10 Å². The van der Waals surface area contributed by atoms with Gasteiger partial charge in [-0.1, -0.05) is 84.4 Å². The van der Waals surface area contributed by atoms with Crippen LogP contribution in [-0.2, 0) is 6.42 Å². The third kappa shape index (κ3) is 6.04. The topological polar surface area (TPSA) is 106 Å². The van der Waals surface area contributed by atoms with Gasteiger partial charge in [-0.05, 0) is 75.5 Å². The fourth-order valence-electron chi connectivity index (χ4n) is 5.03. The number of pyridine rings is 1. The molecular formula is C33H25ClN6O2. The Balaban J connectivity index is 1.36. The first-order chi connectivity index (χ1) is 20.5. The monoisotopic (exact) mass is 572 g/mol. The minimum absolute atomic E-state index is 0.00676. The summed E-state index contributed by atoms with van der Waals surface area (Å²) in [4.78, 5) is 15.9. The minimum atomic E-state index is -1.09. The number of nitrogens with one attached hydrogen (secondary N) is 1. The highest BCUT2D eigenvalue weighted by atomic mass is 35.5. The lowest BCUT2D eigenvalue weighted by Gasteiger charge is -2.19. The Hall–Kier alpha value is -5.34. The second-order valence-corrected chi connectivity index (χ2v) is 10.2. The van der Waals surface area contributed by atoms with E-state index in [2.05, 4.69) is 63.3 Å². The molecule has 206 valence electrons.